The van der Waals surface area contributed by atoms with E-state index in [0.717, 1.165) is 19.4 Å². The van der Waals surface area contributed by atoms with E-state index in [2.05, 4.69) is 60.9 Å². The highest BCUT2D eigenvalue weighted by molar-refractivity contribution is 5.78. The molecular weight excluding hydrogens is 250 g/mol. The molecule has 1 amide bonds. The summed E-state index contributed by atoms with van der Waals surface area (Å²) in [6, 6.07) is 4.62. The molecule has 0 aromatic carbocycles. The lowest BCUT2D eigenvalue weighted by Gasteiger charge is -2.28. The number of nitrogens with zero attached hydrogens (tertiary/aromatic N) is 2. The van der Waals surface area contributed by atoms with Gasteiger partial charge in [-0.25, -0.2) is 0 Å². The largest absolute Gasteiger partial charge is 0.353 e. The summed E-state index contributed by atoms with van der Waals surface area (Å²) in [7, 11) is 2.08. The molecule has 112 valence electrons. The summed E-state index contributed by atoms with van der Waals surface area (Å²) in [5.41, 5.74) is 1.20. The maximum atomic E-state index is 12.2. The Hall–Kier alpha value is -1.29. The van der Waals surface area contributed by atoms with Gasteiger partial charge in [-0.15, -0.1) is 0 Å². The van der Waals surface area contributed by atoms with Crippen molar-refractivity contribution in [2.75, 3.05) is 13.1 Å². The monoisotopic (exact) mass is 277 g/mol. The third kappa shape index (κ3) is 3.42. The molecule has 1 aromatic heterocycles. The van der Waals surface area contributed by atoms with Crippen LogP contribution in [0.4, 0.5) is 0 Å². The second-order valence-electron chi connectivity index (χ2n) is 6.46. The fourth-order valence-electron chi connectivity index (χ4n) is 2.86. The minimum absolute atomic E-state index is 0.114. The molecule has 0 aliphatic carbocycles. The van der Waals surface area contributed by atoms with Crippen LogP contribution in [-0.4, -0.2) is 34.0 Å². The van der Waals surface area contributed by atoms with Crippen LogP contribution in [0.2, 0.25) is 0 Å². The molecule has 4 nitrogen and oxygen atoms in total. The van der Waals surface area contributed by atoms with Crippen molar-refractivity contribution in [1.82, 2.24) is 14.8 Å². The van der Waals surface area contributed by atoms with Gasteiger partial charge in [0.15, 0.2) is 0 Å². The molecule has 1 aromatic rings. The number of hydrogen-bond acceptors (Lipinski definition) is 2. The van der Waals surface area contributed by atoms with Crippen molar-refractivity contribution in [3.8, 4) is 0 Å². The highest BCUT2D eigenvalue weighted by Crippen LogP contribution is 2.31. The summed E-state index contributed by atoms with van der Waals surface area (Å²) in [6.07, 6.45) is 5.33. The topological polar surface area (TPSA) is 37.3 Å². The number of hydrogen-bond donors (Lipinski definition) is 1. The average Bonchev–Trinajstić information content (AvgIpc) is 2.97. The van der Waals surface area contributed by atoms with Gasteiger partial charge in [-0.3, -0.25) is 9.69 Å². The molecule has 2 heterocycles. The third-order valence-corrected chi connectivity index (χ3v) is 4.40. The standard InChI is InChI=1S/C16H27N3O/c1-5-16(2,3)17-15(20)12-19-11-7-9-14(19)13-8-6-10-18(13)4/h6,8,10,14H,5,7,9,11-12H2,1-4H3,(H,17,20). The van der Waals surface area contributed by atoms with E-state index >= 15 is 0 Å². The van der Waals surface area contributed by atoms with Crippen molar-refractivity contribution in [3.63, 3.8) is 0 Å². The molecule has 1 unspecified atom stereocenters. The van der Waals surface area contributed by atoms with Crippen LogP contribution in [0.3, 0.4) is 0 Å². The molecule has 1 fully saturated rings. The van der Waals surface area contributed by atoms with Crippen molar-refractivity contribution >= 4 is 5.91 Å². The number of aryl methyl sites for hydroxylation is 1. The molecule has 2 rings (SSSR count). The Labute approximate surface area is 122 Å². The Morgan fingerprint density at radius 2 is 2.25 bits per heavy atom. The Bertz CT molecular complexity index is 464. The molecule has 0 bridgehead atoms. The normalized spacial score (nSPS) is 20.3. The van der Waals surface area contributed by atoms with E-state index in [9.17, 15) is 4.79 Å². The third-order valence-electron chi connectivity index (χ3n) is 4.40. The van der Waals surface area contributed by atoms with Gasteiger partial charge in [-0.1, -0.05) is 6.92 Å². The number of rotatable bonds is 5. The van der Waals surface area contributed by atoms with Gasteiger partial charge in [0.2, 0.25) is 5.91 Å². The number of nitrogens with one attached hydrogen (secondary N) is 1. The van der Waals surface area contributed by atoms with Gasteiger partial charge in [0.25, 0.3) is 0 Å². The van der Waals surface area contributed by atoms with E-state index in [-0.39, 0.29) is 11.4 Å². The number of carbonyl (C=O) groups is 1. The zero-order valence-electron chi connectivity index (χ0n) is 13.1. The Kier molecular flexibility index (Phi) is 4.53. The van der Waals surface area contributed by atoms with Crippen molar-refractivity contribution in [1.29, 1.82) is 0 Å². The van der Waals surface area contributed by atoms with Gasteiger partial charge in [0.1, 0.15) is 0 Å². The number of aromatic nitrogens is 1. The van der Waals surface area contributed by atoms with Crippen LogP contribution in [0.5, 0.6) is 0 Å². The quantitative estimate of drug-likeness (QED) is 0.897. The fraction of sp³-hybridized carbons (Fsp3) is 0.688. The van der Waals surface area contributed by atoms with Gasteiger partial charge in [0.05, 0.1) is 12.6 Å². The molecule has 0 radical (unpaired) electrons. The van der Waals surface area contributed by atoms with Crippen LogP contribution in [0, 0.1) is 0 Å². The zero-order valence-corrected chi connectivity index (χ0v) is 13.1. The number of carbonyl (C=O) groups excluding carboxylic acids is 1. The Morgan fingerprint density at radius 1 is 1.50 bits per heavy atom. The second kappa shape index (κ2) is 6.00. The smallest absolute Gasteiger partial charge is 0.234 e. The van der Waals surface area contributed by atoms with E-state index < -0.39 is 0 Å². The van der Waals surface area contributed by atoms with Crippen molar-refractivity contribution in [3.05, 3.63) is 24.0 Å². The SMILES string of the molecule is CCC(C)(C)NC(=O)CN1CCCC1c1cccn1C. The first kappa shape index (κ1) is 15.1. The van der Waals surface area contributed by atoms with Gasteiger partial charge in [-0.05, 0) is 51.8 Å². The van der Waals surface area contributed by atoms with Crippen molar-refractivity contribution in [2.24, 2.45) is 7.05 Å². The first-order valence-electron chi connectivity index (χ1n) is 7.59. The molecule has 4 heteroatoms. The summed E-state index contributed by atoms with van der Waals surface area (Å²) in [6.45, 7) is 7.76. The van der Waals surface area contributed by atoms with E-state index in [1.54, 1.807) is 0 Å². The lowest BCUT2D eigenvalue weighted by atomic mass is 10.0. The maximum Gasteiger partial charge on any atom is 0.234 e. The summed E-state index contributed by atoms with van der Waals surface area (Å²) in [5.74, 6) is 0.137. The van der Waals surface area contributed by atoms with Crippen molar-refractivity contribution in [2.45, 2.75) is 51.6 Å². The van der Waals surface area contributed by atoms with E-state index in [1.807, 2.05) is 0 Å². The van der Waals surface area contributed by atoms with Gasteiger partial charge < -0.3 is 9.88 Å². The van der Waals surface area contributed by atoms with Crippen LogP contribution in [0.25, 0.3) is 0 Å². The molecule has 0 saturated carbocycles. The fourth-order valence-corrected chi connectivity index (χ4v) is 2.86. The van der Waals surface area contributed by atoms with Crippen LogP contribution in [0.1, 0.15) is 51.8 Å². The van der Waals surface area contributed by atoms with Crippen LogP contribution >= 0.6 is 0 Å². The molecule has 1 aliphatic rings. The molecule has 1 saturated heterocycles. The van der Waals surface area contributed by atoms with Gasteiger partial charge in [0, 0.05) is 24.5 Å². The van der Waals surface area contributed by atoms with Crippen LogP contribution in [-0.2, 0) is 11.8 Å². The minimum atomic E-state index is -0.114. The maximum absolute atomic E-state index is 12.2. The predicted octanol–water partition coefficient (Wildman–Crippen LogP) is 2.47. The average molecular weight is 277 g/mol. The van der Waals surface area contributed by atoms with E-state index in [4.69, 9.17) is 0 Å². The number of amides is 1. The van der Waals surface area contributed by atoms with Gasteiger partial charge in [-0.2, -0.15) is 0 Å². The molecule has 1 N–H and O–H groups in total. The predicted molar refractivity (Wildman–Crippen MR) is 81.5 cm³/mol. The van der Waals surface area contributed by atoms with Crippen molar-refractivity contribution < 1.29 is 4.79 Å². The summed E-state index contributed by atoms with van der Waals surface area (Å²) >= 11 is 0. The lowest BCUT2D eigenvalue weighted by molar-refractivity contribution is -0.124. The lowest BCUT2D eigenvalue weighted by Crippen LogP contribution is -2.47. The summed E-state index contributed by atoms with van der Waals surface area (Å²) in [4.78, 5) is 14.5. The highest BCUT2D eigenvalue weighted by Gasteiger charge is 2.30. The Morgan fingerprint density at radius 3 is 2.85 bits per heavy atom. The zero-order chi connectivity index (χ0) is 14.8. The molecule has 20 heavy (non-hydrogen) atoms. The van der Waals surface area contributed by atoms with Crippen LogP contribution in [0.15, 0.2) is 18.3 Å². The summed E-state index contributed by atoms with van der Waals surface area (Å²) in [5, 5.41) is 3.13. The van der Waals surface area contributed by atoms with E-state index in [1.165, 1.54) is 12.1 Å². The molecule has 0 spiro atoms. The van der Waals surface area contributed by atoms with Crippen LogP contribution < -0.4 is 5.32 Å². The second-order valence-corrected chi connectivity index (χ2v) is 6.46. The van der Waals surface area contributed by atoms with E-state index in [0.29, 0.717) is 12.6 Å². The molecular formula is C16H27N3O. The molecule has 1 aliphatic heterocycles. The first-order valence-corrected chi connectivity index (χ1v) is 7.59. The minimum Gasteiger partial charge on any atom is -0.353 e. The van der Waals surface area contributed by atoms with Gasteiger partial charge >= 0.3 is 0 Å². The summed E-state index contributed by atoms with van der Waals surface area (Å²) < 4.78 is 2.16. The highest BCUT2D eigenvalue weighted by atomic mass is 16.2. The Balaban J connectivity index is 1.98. The molecule has 1 atom stereocenters. The number of likely N-dealkylation sites (tertiary alicyclic amines) is 1. The first-order chi connectivity index (χ1) is 9.43.